The van der Waals surface area contributed by atoms with E-state index in [-0.39, 0.29) is 5.41 Å². The van der Waals surface area contributed by atoms with Crippen molar-refractivity contribution < 1.29 is 0 Å². The second-order valence-corrected chi connectivity index (χ2v) is 14.8. The van der Waals surface area contributed by atoms with Crippen LogP contribution in [0.25, 0.3) is 98.0 Å². The minimum atomic E-state index is -0.0805. The Morgan fingerprint density at radius 3 is 1.63 bits per heavy atom. The maximum Gasteiger partial charge on any atom is 0.0165 e. The molecule has 1 aliphatic rings. The van der Waals surface area contributed by atoms with Gasteiger partial charge in [-0.05, 0) is 127 Å². The Balaban J connectivity index is 1.19. The molecule has 0 nitrogen and oxygen atoms in total. The van der Waals surface area contributed by atoms with Crippen molar-refractivity contribution in [2.24, 2.45) is 0 Å². The molecular weight excluding hydrogens is 613 g/mol. The van der Waals surface area contributed by atoms with Gasteiger partial charge in [0.2, 0.25) is 0 Å². The molecule has 0 aromatic heterocycles. The second kappa shape index (κ2) is 10.4. The molecule has 0 spiro atoms. The molecule has 0 atom stereocenters. The molecule has 1 aliphatic carbocycles. The fourth-order valence-corrected chi connectivity index (χ4v) is 9.50. The Bertz CT molecular complexity index is 3050. The molecule has 11 rings (SSSR count). The van der Waals surface area contributed by atoms with Gasteiger partial charge >= 0.3 is 0 Å². The largest absolute Gasteiger partial charge is 0.0616 e. The maximum atomic E-state index is 2.47. The highest BCUT2D eigenvalue weighted by molar-refractivity contribution is 6.25. The highest BCUT2D eigenvalue weighted by Crippen LogP contribution is 2.53. The molecule has 238 valence electrons. The molecule has 0 heterocycles. The molecule has 0 N–H and O–H groups in total. The van der Waals surface area contributed by atoms with Gasteiger partial charge in [-0.25, -0.2) is 0 Å². The third kappa shape index (κ3) is 3.96. The van der Waals surface area contributed by atoms with E-state index in [9.17, 15) is 0 Å². The zero-order valence-corrected chi connectivity index (χ0v) is 28.7. The van der Waals surface area contributed by atoms with Gasteiger partial charge < -0.3 is 0 Å². The zero-order valence-electron chi connectivity index (χ0n) is 28.7. The molecular formula is C51H34. The van der Waals surface area contributed by atoms with Gasteiger partial charge in [0.15, 0.2) is 0 Å². The summed E-state index contributed by atoms with van der Waals surface area (Å²) in [6, 6.07) is 63.7. The highest BCUT2D eigenvalue weighted by atomic mass is 14.4. The van der Waals surface area contributed by atoms with Gasteiger partial charge in [0.05, 0.1) is 0 Å². The van der Waals surface area contributed by atoms with Crippen LogP contribution in [-0.2, 0) is 5.41 Å². The molecule has 0 amide bonds. The Morgan fingerprint density at radius 1 is 0.314 bits per heavy atom. The molecule has 10 aromatic carbocycles. The van der Waals surface area contributed by atoms with E-state index in [1.54, 1.807) is 0 Å². The fraction of sp³-hybridized carbons (Fsp3) is 0.0588. The monoisotopic (exact) mass is 646 g/mol. The average Bonchev–Trinajstić information content (AvgIpc) is 3.41. The predicted octanol–water partition coefficient (Wildman–Crippen LogP) is 14.2. The summed E-state index contributed by atoms with van der Waals surface area (Å²) in [5.41, 5.74) is 10.6. The van der Waals surface area contributed by atoms with E-state index in [1.165, 1.54) is 109 Å². The van der Waals surface area contributed by atoms with Crippen molar-refractivity contribution in [1.29, 1.82) is 0 Å². The first kappa shape index (κ1) is 28.6. The van der Waals surface area contributed by atoms with Gasteiger partial charge in [0.25, 0.3) is 0 Å². The molecule has 0 saturated carbocycles. The summed E-state index contributed by atoms with van der Waals surface area (Å²) in [4.78, 5) is 0. The Labute approximate surface area is 297 Å². The van der Waals surface area contributed by atoms with Crippen LogP contribution in [0.2, 0.25) is 0 Å². The van der Waals surface area contributed by atoms with Crippen LogP contribution < -0.4 is 0 Å². The quantitative estimate of drug-likeness (QED) is 0.129. The van der Waals surface area contributed by atoms with Crippen LogP contribution in [0.1, 0.15) is 25.0 Å². The Kier molecular flexibility index (Phi) is 5.82. The number of fused-ring (bicyclic) bond motifs is 11. The van der Waals surface area contributed by atoms with E-state index in [1.807, 2.05) is 0 Å². The van der Waals surface area contributed by atoms with Crippen LogP contribution >= 0.6 is 0 Å². The van der Waals surface area contributed by atoms with Crippen molar-refractivity contribution in [3.05, 3.63) is 181 Å². The van der Waals surface area contributed by atoms with Crippen LogP contribution in [0.3, 0.4) is 0 Å². The van der Waals surface area contributed by atoms with Crippen LogP contribution in [0, 0.1) is 0 Å². The van der Waals surface area contributed by atoms with E-state index < -0.39 is 0 Å². The van der Waals surface area contributed by atoms with Gasteiger partial charge in [-0.1, -0.05) is 166 Å². The molecule has 0 heteroatoms. The number of rotatable bonds is 2. The molecule has 0 radical (unpaired) electrons. The first-order chi connectivity index (χ1) is 25.1. The predicted molar refractivity (Wildman–Crippen MR) is 220 cm³/mol. The lowest BCUT2D eigenvalue weighted by Crippen LogP contribution is -2.15. The van der Waals surface area contributed by atoms with Crippen LogP contribution in [0.15, 0.2) is 170 Å². The minimum Gasteiger partial charge on any atom is -0.0616 e. The lowest BCUT2D eigenvalue weighted by Gasteiger charge is -2.23. The number of hydrogen-bond donors (Lipinski definition) is 0. The smallest absolute Gasteiger partial charge is 0.0165 e. The normalized spacial score (nSPS) is 13.5. The Hall–Kier alpha value is -6.24. The summed E-state index contributed by atoms with van der Waals surface area (Å²) in [6.45, 7) is 4.78. The van der Waals surface area contributed by atoms with Gasteiger partial charge in [-0.15, -0.1) is 0 Å². The standard InChI is InChI=1S/C51H34/c1-51(2)47-27-24-35(30-46(47)44-26-22-31-12-5-6-15-36(31)50(44)51)48-40-16-7-9-18-42(40)49(43-19-10-8-17-41(43)48)39-21-11-20-37-38(39)25-23-34-28-32-13-3-4-14-33(32)29-45(34)37/h3-30H,1-2H3. The third-order valence-corrected chi connectivity index (χ3v) is 11.8. The van der Waals surface area contributed by atoms with E-state index in [0.29, 0.717) is 0 Å². The van der Waals surface area contributed by atoms with Gasteiger partial charge in [0, 0.05) is 5.41 Å². The zero-order chi connectivity index (χ0) is 33.8. The summed E-state index contributed by atoms with van der Waals surface area (Å²) >= 11 is 0. The summed E-state index contributed by atoms with van der Waals surface area (Å²) in [6.07, 6.45) is 0. The fourth-order valence-electron chi connectivity index (χ4n) is 9.50. The van der Waals surface area contributed by atoms with Crippen molar-refractivity contribution in [2.75, 3.05) is 0 Å². The third-order valence-electron chi connectivity index (χ3n) is 11.8. The van der Waals surface area contributed by atoms with Crippen LogP contribution in [0.5, 0.6) is 0 Å². The lowest BCUT2D eigenvalue weighted by atomic mass is 9.79. The van der Waals surface area contributed by atoms with Crippen molar-refractivity contribution in [2.45, 2.75) is 19.3 Å². The second-order valence-electron chi connectivity index (χ2n) is 14.8. The van der Waals surface area contributed by atoms with E-state index in [4.69, 9.17) is 0 Å². The van der Waals surface area contributed by atoms with Crippen molar-refractivity contribution >= 4 is 64.6 Å². The SMILES string of the molecule is CC1(C)c2ccc(-c3c4ccccc4c(-c4cccc5c4ccc4cc6ccccc6cc45)c4ccccc34)cc2-c2ccc3ccccc3c21. The van der Waals surface area contributed by atoms with Gasteiger partial charge in [-0.3, -0.25) is 0 Å². The first-order valence-electron chi connectivity index (χ1n) is 18.0. The van der Waals surface area contributed by atoms with Gasteiger partial charge in [-0.2, -0.15) is 0 Å². The molecule has 0 bridgehead atoms. The first-order valence-corrected chi connectivity index (χ1v) is 18.0. The average molecular weight is 647 g/mol. The highest BCUT2D eigenvalue weighted by Gasteiger charge is 2.37. The molecule has 0 fully saturated rings. The maximum absolute atomic E-state index is 2.47. The van der Waals surface area contributed by atoms with Crippen LogP contribution in [-0.4, -0.2) is 0 Å². The topological polar surface area (TPSA) is 0 Å². The van der Waals surface area contributed by atoms with E-state index in [0.717, 1.165) is 0 Å². The molecule has 51 heavy (non-hydrogen) atoms. The minimum absolute atomic E-state index is 0.0805. The summed E-state index contributed by atoms with van der Waals surface area (Å²) < 4.78 is 0. The van der Waals surface area contributed by atoms with Crippen LogP contribution in [0.4, 0.5) is 0 Å². The molecule has 0 aliphatic heterocycles. The van der Waals surface area contributed by atoms with Crippen molar-refractivity contribution in [3.63, 3.8) is 0 Å². The molecule has 0 saturated heterocycles. The summed E-state index contributed by atoms with van der Waals surface area (Å²) in [7, 11) is 0. The molecule has 10 aromatic rings. The Morgan fingerprint density at radius 2 is 0.902 bits per heavy atom. The van der Waals surface area contributed by atoms with E-state index in [2.05, 4.69) is 184 Å². The number of benzene rings is 10. The van der Waals surface area contributed by atoms with E-state index >= 15 is 0 Å². The summed E-state index contributed by atoms with van der Waals surface area (Å²) in [5, 5.41) is 15.5. The van der Waals surface area contributed by atoms with Gasteiger partial charge in [0.1, 0.15) is 0 Å². The molecule has 0 unspecified atom stereocenters. The summed E-state index contributed by atoms with van der Waals surface area (Å²) in [5.74, 6) is 0. The van der Waals surface area contributed by atoms with Crippen molar-refractivity contribution in [1.82, 2.24) is 0 Å². The lowest BCUT2D eigenvalue weighted by molar-refractivity contribution is 0.666. The van der Waals surface area contributed by atoms with Crippen molar-refractivity contribution in [3.8, 4) is 33.4 Å². The number of hydrogen-bond acceptors (Lipinski definition) is 0.